The van der Waals surface area contributed by atoms with Crippen molar-refractivity contribution in [2.75, 3.05) is 6.61 Å². The van der Waals surface area contributed by atoms with Gasteiger partial charge in [-0.15, -0.1) is 0 Å². The van der Waals surface area contributed by atoms with Gasteiger partial charge in [0.1, 0.15) is 18.7 Å². The molecule has 1 heterocycles. The van der Waals surface area contributed by atoms with Crippen LogP contribution in [0.25, 0.3) is 0 Å². The zero-order valence-electron chi connectivity index (χ0n) is 27.2. The number of amides is 1. The highest BCUT2D eigenvalue weighted by Crippen LogP contribution is 2.25. The van der Waals surface area contributed by atoms with Crippen LogP contribution in [0.2, 0.25) is 0 Å². The molecule has 1 N–H and O–H groups in total. The lowest BCUT2D eigenvalue weighted by molar-refractivity contribution is -0.158. The molecule has 7 heteroatoms. The Morgan fingerprint density at radius 2 is 1.67 bits per heavy atom. The highest BCUT2D eigenvalue weighted by molar-refractivity contribution is 5.89. The molecule has 3 aromatic rings. The zero-order valence-corrected chi connectivity index (χ0v) is 22.2. The quantitative estimate of drug-likeness (QED) is 0.372. The summed E-state index contributed by atoms with van der Waals surface area (Å²) in [5.74, 6) is -1.59. The van der Waals surface area contributed by atoms with Crippen molar-refractivity contribution in [3.63, 3.8) is 0 Å². The van der Waals surface area contributed by atoms with Gasteiger partial charge in [-0.3, -0.25) is 14.9 Å². The van der Waals surface area contributed by atoms with Crippen molar-refractivity contribution in [2.45, 2.75) is 64.4 Å². The van der Waals surface area contributed by atoms with Crippen LogP contribution >= 0.6 is 0 Å². The first-order valence-electron chi connectivity index (χ1n) is 15.6. The second-order valence-corrected chi connectivity index (χ2v) is 9.38. The molecular formula is C32H36N2O5. The predicted octanol–water partition coefficient (Wildman–Crippen LogP) is 4.23. The summed E-state index contributed by atoms with van der Waals surface area (Å²) in [6.07, 6.45) is 0.257. The molecule has 4 rings (SSSR count). The minimum atomic E-state index is -1.02. The van der Waals surface area contributed by atoms with Gasteiger partial charge < -0.3 is 14.4 Å². The Bertz CT molecular complexity index is 1490. The van der Waals surface area contributed by atoms with E-state index in [1.165, 1.54) is 4.90 Å². The number of carbonyl (C=O) groups excluding carboxylic acids is 3. The summed E-state index contributed by atoms with van der Waals surface area (Å²) in [6.45, 7) is 3.57. The molecule has 0 fully saturated rings. The summed E-state index contributed by atoms with van der Waals surface area (Å²) in [6, 6.07) is 11.9. The van der Waals surface area contributed by atoms with E-state index in [9.17, 15) is 14.4 Å². The average molecular weight is 534 g/mol. The van der Waals surface area contributed by atoms with Crippen LogP contribution in [-0.2, 0) is 49.9 Å². The summed E-state index contributed by atoms with van der Waals surface area (Å²) < 4.78 is 51.0. The normalized spacial score (nSPS) is 17.8. The monoisotopic (exact) mass is 533 g/mol. The Hall–Kier alpha value is -3.97. The second-order valence-electron chi connectivity index (χ2n) is 9.38. The molecule has 39 heavy (non-hydrogen) atoms. The third kappa shape index (κ3) is 7.54. The van der Waals surface area contributed by atoms with Crippen molar-refractivity contribution in [3.05, 3.63) is 107 Å². The third-order valence-corrected chi connectivity index (χ3v) is 6.66. The van der Waals surface area contributed by atoms with Gasteiger partial charge in [0.15, 0.2) is 0 Å². The van der Waals surface area contributed by atoms with Gasteiger partial charge in [-0.05, 0) is 48.9 Å². The molecule has 0 aromatic heterocycles. The van der Waals surface area contributed by atoms with E-state index < -0.39 is 54.1 Å². The van der Waals surface area contributed by atoms with E-state index in [4.69, 9.17) is 16.3 Å². The van der Waals surface area contributed by atoms with Gasteiger partial charge in [-0.1, -0.05) is 84.8 Å². The topological polar surface area (TPSA) is 84.9 Å². The van der Waals surface area contributed by atoms with E-state index in [1.807, 2.05) is 54.6 Å². The maximum Gasteiger partial charge on any atom is 0.329 e. The van der Waals surface area contributed by atoms with Gasteiger partial charge in [0.25, 0.3) is 0 Å². The van der Waals surface area contributed by atoms with Crippen LogP contribution in [0.3, 0.4) is 0 Å². The van der Waals surface area contributed by atoms with Crippen LogP contribution in [0, 0.1) is 0 Å². The number of hydrogen-bond donors (Lipinski definition) is 1. The van der Waals surface area contributed by atoms with Gasteiger partial charge in [0, 0.05) is 13.0 Å². The lowest BCUT2D eigenvalue weighted by atomic mass is 9.93. The Kier molecular flexibility index (Phi) is 7.70. The number of nitrogens with one attached hydrogen (secondary N) is 1. The third-order valence-electron chi connectivity index (χ3n) is 6.66. The van der Waals surface area contributed by atoms with E-state index in [1.54, 1.807) is 13.8 Å². The molecule has 0 unspecified atom stereocenters. The summed E-state index contributed by atoms with van der Waals surface area (Å²) >= 11 is 0. The van der Waals surface area contributed by atoms with Gasteiger partial charge >= 0.3 is 11.9 Å². The number of hydrogen-bond acceptors (Lipinski definition) is 6. The molecule has 3 aromatic carbocycles. The largest absolute Gasteiger partial charge is 0.465 e. The fourth-order valence-electron chi connectivity index (χ4n) is 4.61. The highest BCUT2D eigenvalue weighted by Gasteiger charge is 2.38. The number of nitrogens with zero attached hydrogens (tertiary/aromatic N) is 1. The Morgan fingerprint density at radius 1 is 0.974 bits per heavy atom. The molecule has 0 spiro atoms. The van der Waals surface area contributed by atoms with Crippen molar-refractivity contribution in [2.24, 2.45) is 0 Å². The van der Waals surface area contributed by atoms with E-state index in [-0.39, 0.29) is 56.7 Å². The van der Waals surface area contributed by atoms with Crippen molar-refractivity contribution < 1.29 is 30.7 Å². The zero-order chi connectivity index (χ0) is 32.0. The molecule has 3 atom stereocenters. The number of esters is 2. The first-order chi connectivity index (χ1) is 21.0. The van der Waals surface area contributed by atoms with Crippen LogP contribution in [-0.4, -0.2) is 47.5 Å². The van der Waals surface area contributed by atoms with Crippen molar-refractivity contribution in [3.8, 4) is 0 Å². The molecule has 0 aliphatic carbocycles. The van der Waals surface area contributed by atoms with Crippen LogP contribution in [0.5, 0.6) is 0 Å². The summed E-state index contributed by atoms with van der Waals surface area (Å²) in [4.78, 5) is 41.6. The molecule has 0 radical (unpaired) electrons. The van der Waals surface area contributed by atoms with Crippen LogP contribution < -0.4 is 5.32 Å². The van der Waals surface area contributed by atoms with Crippen LogP contribution in [0.1, 0.15) is 49.4 Å². The van der Waals surface area contributed by atoms with E-state index >= 15 is 0 Å². The molecule has 1 aliphatic rings. The maximum absolute atomic E-state index is 13.9. The first-order valence-corrected chi connectivity index (χ1v) is 13.1. The predicted molar refractivity (Wildman–Crippen MR) is 149 cm³/mol. The van der Waals surface area contributed by atoms with E-state index in [0.29, 0.717) is 0 Å². The molecular weight excluding hydrogens is 492 g/mol. The number of fused-ring (bicyclic) bond motifs is 1. The SMILES string of the molecule is [2H]c1c([2H])c([2H])c(CC[C@H](N[C@@H](C)C(=O)N2Cc3ccccc3C[C@H]2C(=O)OCc2ccccc2)C(=O)OCC)c([2H])c1[2H]. The summed E-state index contributed by atoms with van der Waals surface area (Å²) in [7, 11) is 0. The van der Waals surface area contributed by atoms with Crippen LogP contribution in [0.4, 0.5) is 0 Å². The first kappa shape index (κ1) is 21.9. The average Bonchev–Trinajstić information content (AvgIpc) is 3.04. The number of benzene rings is 3. The van der Waals surface area contributed by atoms with E-state index in [2.05, 4.69) is 5.32 Å². The van der Waals surface area contributed by atoms with Crippen molar-refractivity contribution in [1.29, 1.82) is 0 Å². The van der Waals surface area contributed by atoms with Gasteiger partial charge in [0.2, 0.25) is 5.91 Å². The van der Waals surface area contributed by atoms with Crippen LogP contribution in [0.15, 0.2) is 84.8 Å². The van der Waals surface area contributed by atoms with Crippen molar-refractivity contribution in [1.82, 2.24) is 10.2 Å². The van der Waals surface area contributed by atoms with Gasteiger partial charge in [-0.2, -0.15) is 0 Å². The minimum absolute atomic E-state index is 0.00974. The molecule has 7 nitrogen and oxygen atoms in total. The standard InChI is InChI=1S/C32H36N2O5/c1-3-38-31(36)28(19-18-24-12-6-4-7-13-24)33-23(2)30(35)34-21-27-17-11-10-16-26(27)20-29(34)32(37)39-22-25-14-8-5-9-15-25/h4-17,23,28-29,33H,3,18-22H2,1-2H3/t23-,28-,29-/m0/s1/i4D,6D,7D,12D,13D. The molecule has 0 saturated carbocycles. The van der Waals surface area contributed by atoms with Gasteiger partial charge in [0.05, 0.1) is 19.5 Å². The lowest BCUT2D eigenvalue weighted by Crippen LogP contribution is -2.56. The number of ether oxygens (including phenoxy) is 2. The molecule has 204 valence electrons. The molecule has 0 bridgehead atoms. The Balaban J connectivity index is 1.53. The second kappa shape index (κ2) is 13.7. The number of rotatable bonds is 11. The molecule has 1 amide bonds. The molecule has 0 saturated heterocycles. The molecule has 1 aliphatic heterocycles. The summed E-state index contributed by atoms with van der Waals surface area (Å²) in [5.41, 5.74) is 2.74. The highest BCUT2D eigenvalue weighted by atomic mass is 16.5. The Labute approximate surface area is 237 Å². The minimum Gasteiger partial charge on any atom is -0.465 e. The smallest absolute Gasteiger partial charge is 0.329 e. The van der Waals surface area contributed by atoms with Crippen molar-refractivity contribution >= 4 is 17.8 Å². The van der Waals surface area contributed by atoms with Gasteiger partial charge in [-0.25, -0.2) is 4.79 Å². The summed E-state index contributed by atoms with van der Waals surface area (Å²) in [5, 5.41) is 3.02. The lowest BCUT2D eigenvalue weighted by Gasteiger charge is -2.37. The fraction of sp³-hybridized carbons (Fsp3) is 0.344. The number of carbonyl (C=O) groups is 3. The Morgan fingerprint density at radius 3 is 2.38 bits per heavy atom. The van der Waals surface area contributed by atoms with E-state index in [0.717, 1.165) is 16.7 Å². The fourth-order valence-corrected chi connectivity index (χ4v) is 4.61. The maximum atomic E-state index is 13.9.